The van der Waals surface area contributed by atoms with Crippen molar-refractivity contribution < 1.29 is 22.3 Å². The molecule has 0 N–H and O–H groups in total. The minimum atomic E-state index is -4.54. The van der Waals surface area contributed by atoms with Crippen LogP contribution in [0.25, 0.3) is 0 Å². The average molecular weight is 371 g/mol. The van der Waals surface area contributed by atoms with Crippen LogP contribution in [-0.2, 0) is 6.18 Å². The van der Waals surface area contributed by atoms with E-state index in [1.165, 1.54) is 12.1 Å². The SMILES string of the molecule is Fc1cc(Oc2ncc(C(F)(F)F)cc2Cl)ccc1Br. The zero-order chi connectivity index (χ0) is 14.9. The zero-order valence-corrected chi connectivity index (χ0v) is 11.9. The third-order valence-electron chi connectivity index (χ3n) is 2.24. The van der Waals surface area contributed by atoms with Crippen molar-refractivity contribution in [3.63, 3.8) is 0 Å². The van der Waals surface area contributed by atoms with E-state index in [1.807, 2.05) is 0 Å². The summed E-state index contributed by atoms with van der Waals surface area (Å²) in [5.74, 6) is -0.744. The number of hydrogen-bond donors (Lipinski definition) is 0. The molecule has 0 saturated carbocycles. The summed E-state index contributed by atoms with van der Waals surface area (Å²) >= 11 is 8.63. The summed E-state index contributed by atoms with van der Waals surface area (Å²) in [6.45, 7) is 0. The molecule has 2 nitrogen and oxygen atoms in total. The Morgan fingerprint density at radius 1 is 1.20 bits per heavy atom. The van der Waals surface area contributed by atoms with Crippen LogP contribution in [0, 0.1) is 5.82 Å². The van der Waals surface area contributed by atoms with E-state index in [0.717, 1.165) is 6.07 Å². The van der Waals surface area contributed by atoms with Gasteiger partial charge in [0.25, 0.3) is 0 Å². The molecule has 2 aromatic rings. The highest BCUT2D eigenvalue weighted by atomic mass is 79.9. The monoisotopic (exact) mass is 369 g/mol. The van der Waals surface area contributed by atoms with Gasteiger partial charge >= 0.3 is 6.18 Å². The van der Waals surface area contributed by atoms with Crippen LogP contribution in [-0.4, -0.2) is 4.98 Å². The van der Waals surface area contributed by atoms with Crippen LogP contribution >= 0.6 is 27.5 Å². The average Bonchev–Trinajstić information content (AvgIpc) is 2.35. The van der Waals surface area contributed by atoms with Gasteiger partial charge in [0.15, 0.2) is 0 Å². The van der Waals surface area contributed by atoms with E-state index in [1.54, 1.807) is 0 Å². The molecule has 1 heterocycles. The van der Waals surface area contributed by atoms with Gasteiger partial charge < -0.3 is 4.74 Å². The Balaban J connectivity index is 2.28. The summed E-state index contributed by atoms with van der Waals surface area (Å²) in [4.78, 5) is 3.48. The van der Waals surface area contributed by atoms with Gasteiger partial charge in [-0.25, -0.2) is 9.37 Å². The molecule has 0 aliphatic heterocycles. The van der Waals surface area contributed by atoms with E-state index in [4.69, 9.17) is 16.3 Å². The quantitative estimate of drug-likeness (QED) is 0.656. The molecule has 1 aromatic carbocycles. The normalized spacial score (nSPS) is 11.5. The second-order valence-electron chi connectivity index (χ2n) is 3.69. The lowest BCUT2D eigenvalue weighted by Gasteiger charge is -2.10. The molecule has 1 aromatic heterocycles. The van der Waals surface area contributed by atoms with Crippen molar-refractivity contribution in [2.75, 3.05) is 0 Å². The summed E-state index contributed by atoms with van der Waals surface area (Å²) < 4.78 is 55.9. The van der Waals surface area contributed by atoms with Crippen LogP contribution < -0.4 is 4.74 Å². The van der Waals surface area contributed by atoms with Crippen LogP contribution in [0.4, 0.5) is 17.6 Å². The van der Waals surface area contributed by atoms with Gasteiger partial charge in [-0.15, -0.1) is 0 Å². The molecule has 2 rings (SSSR count). The van der Waals surface area contributed by atoms with Crippen molar-refractivity contribution >= 4 is 27.5 Å². The summed E-state index contributed by atoms with van der Waals surface area (Å²) in [5, 5.41) is -0.317. The Kier molecular flexibility index (Phi) is 4.19. The Hall–Kier alpha value is -1.34. The van der Waals surface area contributed by atoms with Crippen molar-refractivity contribution in [3.8, 4) is 11.6 Å². The Labute approximate surface area is 124 Å². The molecule has 0 radical (unpaired) electrons. The van der Waals surface area contributed by atoms with E-state index in [9.17, 15) is 17.6 Å². The van der Waals surface area contributed by atoms with Gasteiger partial charge in [0.05, 0.1) is 10.0 Å². The number of pyridine rings is 1. The second kappa shape index (κ2) is 5.57. The Morgan fingerprint density at radius 2 is 1.90 bits per heavy atom. The lowest BCUT2D eigenvalue weighted by atomic mass is 10.3. The molecule has 0 bridgehead atoms. The van der Waals surface area contributed by atoms with Crippen LogP contribution in [0.5, 0.6) is 11.6 Å². The van der Waals surface area contributed by atoms with Gasteiger partial charge in [-0.1, -0.05) is 11.6 Å². The summed E-state index contributed by atoms with van der Waals surface area (Å²) in [6.07, 6.45) is -3.95. The molecular weight excluding hydrogens is 365 g/mol. The predicted octanol–water partition coefficient (Wildman–Crippen LogP) is 5.45. The van der Waals surface area contributed by atoms with Crippen molar-refractivity contribution in [2.24, 2.45) is 0 Å². The molecule has 0 fully saturated rings. The molecule has 0 spiro atoms. The fourth-order valence-electron chi connectivity index (χ4n) is 1.31. The molecule has 8 heteroatoms. The Morgan fingerprint density at radius 3 is 2.45 bits per heavy atom. The van der Waals surface area contributed by atoms with Crippen molar-refractivity contribution in [3.05, 3.63) is 51.3 Å². The minimum absolute atomic E-state index is 0.0693. The number of benzene rings is 1. The van der Waals surface area contributed by atoms with Gasteiger partial charge in [-0.05, 0) is 34.1 Å². The van der Waals surface area contributed by atoms with Gasteiger partial charge in [-0.2, -0.15) is 13.2 Å². The maximum absolute atomic E-state index is 13.3. The standard InChI is InChI=1S/C12H5BrClF4NO/c13-8-2-1-7(4-10(8)15)20-11-9(14)3-6(5-19-11)12(16,17)18/h1-5H. The summed E-state index contributed by atoms with van der Waals surface area (Å²) in [7, 11) is 0. The first-order valence-corrected chi connectivity index (χ1v) is 6.30. The van der Waals surface area contributed by atoms with Gasteiger partial charge in [0.1, 0.15) is 16.6 Å². The topological polar surface area (TPSA) is 22.1 Å². The molecule has 0 aliphatic rings. The maximum Gasteiger partial charge on any atom is 0.417 e. The van der Waals surface area contributed by atoms with E-state index >= 15 is 0 Å². The molecule has 106 valence electrons. The lowest BCUT2D eigenvalue weighted by Crippen LogP contribution is -2.05. The van der Waals surface area contributed by atoms with Crippen LogP contribution in [0.2, 0.25) is 5.02 Å². The van der Waals surface area contributed by atoms with Crippen LogP contribution in [0.1, 0.15) is 5.56 Å². The molecule has 0 unspecified atom stereocenters. The summed E-state index contributed by atoms with van der Waals surface area (Å²) in [5.41, 5.74) is -0.989. The number of rotatable bonds is 2. The minimum Gasteiger partial charge on any atom is -0.437 e. The third kappa shape index (κ3) is 3.40. The van der Waals surface area contributed by atoms with E-state index in [0.29, 0.717) is 12.3 Å². The van der Waals surface area contributed by atoms with Crippen molar-refractivity contribution in [2.45, 2.75) is 6.18 Å². The fourth-order valence-corrected chi connectivity index (χ4v) is 1.76. The number of aromatic nitrogens is 1. The Bertz CT molecular complexity index is 648. The molecule has 0 atom stereocenters. The van der Waals surface area contributed by atoms with Crippen LogP contribution in [0.15, 0.2) is 34.9 Å². The molecule has 0 aliphatic carbocycles. The molecule has 0 saturated heterocycles. The second-order valence-corrected chi connectivity index (χ2v) is 4.95. The maximum atomic E-state index is 13.3. The van der Waals surface area contributed by atoms with Crippen LogP contribution in [0.3, 0.4) is 0 Å². The molecule has 20 heavy (non-hydrogen) atoms. The first-order chi connectivity index (χ1) is 9.27. The van der Waals surface area contributed by atoms with E-state index < -0.39 is 17.6 Å². The lowest BCUT2D eigenvalue weighted by molar-refractivity contribution is -0.137. The number of nitrogens with zero attached hydrogens (tertiary/aromatic N) is 1. The molecular formula is C12H5BrClF4NO. The third-order valence-corrected chi connectivity index (χ3v) is 3.15. The predicted molar refractivity (Wildman–Crippen MR) is 68.4 cm³/mol. The number of ether oxygens (including phenoxy) is 1. The van der Waals surface area contributed by atoms with Gasteiger partial charge in [0, 0.05) is 12.3 Å². The van der Waals surface area contributed by atoms with Crippen molar-refractivity contribution in [1.29, 1.82) is 0 Å². The fraction of sp³-hybridized carbons (Fsp3) is 0.0833. The van der Waals surface area contributed by atoms with Gasteiger partial charge in [0.2, 0.25) is 5.88 Å². The first kappa shape index (κ1) is 15.1. The summed E-state index contributed by atoms with van der Waals surface area (Å²) in [6, 6.07) is 4.56. The van der Waals surface area contributed by atoms with Gasteiger partial charge in [-0.3, -0.25) is 0 Å². The van der Waals surface area contributed by atoms with E-state index in [2.05, 4.69) is 20.9 Å². The zero-order valence-electron chi connectivity index (χ0n) is 9.51. The van der Waals surface area contributed by atoms with Crippen molar-refractivity contribution in [1.82, 2.24) is 4.98 Å². The highest BCUT2D eigenvalue weighted by Crippen LogP contribution is 2.35. The van der Waals surface area contributed by atoms with E-state index in [-0.39, 0.29) is 21.1 Å². The number of hydrogen-bond acceptors (Lipinski definition) is 2. The molecule has 0 amide bonds. The smallest absolute Gasteiger partial charge is 0.417 e. The number of halogens is 6. The first-order valence-electron chi connectivity index (χ1n) is 5.13. The number of alkyl halides is 3. The highest BCUT2D eigenvalue weighted by molar-refractivity contribution is 9.10. The highest BCUT2D eigenvalue weighted by Gasteiger charge is 2.31. The largest absolute Gasteiger partial charge is 0.437 e.